The fourth-order valence-electron chi connectivity index (χ4n) is 2.94. The minimum absolute atomic E-state index is 0.113. The van der Waals surface area contributed by atoms with Gasteiger partial charge >= 0.3 is 12.0 Å². The first kappa shape index (κ1) is 21.0. The van der Waals surface area contributed by atoms with E-state index in [2.05, 4.69) is 5.32 Å². The van der Waals surface area contributed by atoms with Crippen LogP contribution in [0.5, 0.6) is 0 Å². The van der Waals surface area contributed by atoms with Crippen LogP contribution in [0.25, 0.3) is 0 Å². The molecule has 2 amide bonds. The number of hydrogen-bond acceptors (Lipinski definition) is 3. The van der Waals surface area contributed by atoms with Crippen LogP contribution in [0.3, 0.4) is 0 Å². The van der Waals surface area contributed by atoms with E-state index in [1.807, 2.05) is 51.1 Å². The molecule has 0 unspecified atom stereocenters. The number of aliphatic hydroxyl groups is 1. The third-order valence-electron chi connectivity index (χ3n) is 4.52. The first-order valence-electron chi connectivity index (χ1n) is 8.72. The van der Waals surface area contributed by atoms with Gasteiger partial charge in [0.2, 0.25) is 0 Å². The lowest BCUT2D eigenvalue weighted by molar-refractivity contribution is -0.145. The summed E-state index contributed by atoms with van der Waals surface area (Å²) in [5.41, 5.74) is 0.566. The van der Waals surface area contributed by atoms with Crippen LogP contribution in [0.4, 0.5) is 4.79 Å². The Morgan fingerprint density at radius 3 is 2.36 bits per heavy atom. The van der Waals surface area contributed by atoms with Gasteiger partial charge in [-0.2, -0.15) is 0 Å². The molecule has 0 bridgehead atoms. The van der Waals surface area contributed by atoms with E-state index >= 15 is 0 Å². The number of nitrogens with zero attached hydrogens (tertiary/aromatic N) is 1. The number of amides is 2. The minimum Gasteiger partial charge on any atom is -0.481 e. The van der Waals surface area contributed by atoms with E-state index in [-0.39, 0.29) is 25.7 Å². The number of urea groups is 1. The van der Waals surface area contributed by atoms with Gasteiger partial charge in [0.05, 0.1) is 12.5 Å². The second kappa shape index (κ2) is 10.0. The van der Waals surface area contributed by atoms with Crippen molar-refractivity contribution in [1.82, 2.24) is 10.2 Å². The van der Waals surface area contributed by atoms with Crippen molar-refractivity contribution < 1.29 is 19.8 Å². The van der Waals surface area contributed by atoms with Gasteiger partial charge in [0.25, 0.3) is 0 Å². The van der Waals surface area contributed by atoms with E-state index in [1.165, 1.54) is 0 Å². The molecule has 0 saturated carbocycles. The summed E-state index contributed by atoms with van der Waals surface area (Å²) in [5, 5.41) is 21.4. The molecule has 6 heteroatoms. The van der Waals surface area contributed by atoms with E-state index in [4.69, 9.17) is 0 Å². The SMILES string of the molecule is CC[C@H](C(=O)O)C(C)(C)CNC(=O)N(CCO)CCc1ccccc1. The number of carbonyl (C=O) groups is 2. The van der Waals surface area contributed by atoms with Crippen molar-refractivity contribution in [2.75, 3.05) is 26.2 Å². The molecule has 1 rings (SSSR count). The Bertz CT molecular complexity index is 546. The molecule has 0 aromatic heterocycles. The van der Waals surface area contributed by atoms with Crippen LogP contribution in [0, 0.1) is 11.3 Å². The van der Waals surface area contributed by atoms with E-state index < -0.39 is 17.3 Å². The van der Waals surface area contributed by atoms with Gasteiger partial charge in [0.15, 0.2) is 0 Å². The van der Waals surface area contributed by atoms with Gasteiger partial charge in [-0.15, -0.1) is 0 Å². The minimum atomic E-state index is -0.849. The zero-order chi connectivity index (χ0) is 18.9. The largest absolute Gasteiger partial charge is 0.481 e. The predicted octanol–water partition coefficient (Wildman–Crippen LogP) is 2.37. The number of carboxylic acids is 1. The molecular formula is C19H30N2O4. The number of benzene rings is 1. The Kier molecular flexibility index (Phi) is 8.41. The molecule has 0 fully saturated rings. The molecule has 1 aromatic carbocycles. The summed E-state index contributed by atoms with van der Waals surface area (Å²) in [6.45, 7) is 6.41. The van der Waals surface area contributed by atoms with E-state index in [0.29, 0.717) is 19.4 Å². The van der Waals surface area contributed by atoms with Gasteiger partial charge in [-0.3, -0.25) is 4.79 Å². The zero-order valence-electron chi connectivity index (χ0n) is 15.4. The predicted molar refractivity (Wildman–Crippen MR) is 97.4 cm³/mol. The highest BCUT2D eigenvalue weighted by Gasteiger charge is 2.34. The highest BCUT2D eigenvalue weighted by molar-refractivity contribution is 5.75. The summed E-state index contributed by atoms with van der Waals surface area (Å²) in [7, 11) is 0. The van der Waals surface area contributed by atoms with E-state index in [9.17, 15) is 19.8 Å². The number of aliphatic hydroxyl groups excluding tert-OH is 1. The summed E-state index contributed by atoms with van der Waals surface area (Å²) in [6, 6.07) is 9.55. The van der Waals surface area contributed by atoms with Gasteiger partial charge < -0.3 is 20.4 Å². The van der Waals surface area contributed by atoms with Crippen molar-refractivity contribution in [3.05, 3.63) is 35.9 Å². The van der Waals surface area contributed by atoms with Crippen molar-refractivity contribution in [2.45, 2.75) is 33.6 Å². The first-order valence-corrected chi connectivity index (χ1v) is 8.72. The lowest BCUT2D eigenvalue weighted by Crippen LogP contribution is -2.47. The number of hydrogen-bond donors (Lipinski definition) is 3. The summed E-state index contributed by atoms with van der Waals surface area (Å²) >= 11 is 0. The van der Waals surface area contributed by atoms with Gasteiger partial charge in [0.1, 0.15) is 0 Å². The molecule has 140 valence electrons. The lowest BCUT2D eigenvalue weighted by atomic mass is 9.77. The first-order chi connectivity index (χ1) is 11.8. The quantitative estimate of drug-likeness (QED) is 0.604. The van der Waals surface area contributed by atoms with Crippen molar-refractivity contribution in [1.29, 1.82) is 0 Å². The monoisotopic (exact) mass is 350 g/mol. The van der Waals surface area contributed by atoms with Crippen LogP contribution < -0.4 is 5.32 Å². The molecule has 0 radical (unpaired) electrons. The van der Waals surface area contributed by atoms with Crippen LogP contribution in [0.15, 0.2) is 30.3 Å². The maximum absolute atomic E-state index is 12.4. The highest BCUT2D eigenvalue weighted by Crippen LogP contribution is 2.29. The maximum atomic E-state index is 12.4. The molecule has 0 aliphatic rings. The molecule has 6 nitrogen and oxygen atoms in total. The average Bonchev–Trinajstić information content (AvgIpc) is 2.57. The fourth-order valence-corrected chi connectivity index (χ4v) is 2.94. The number of nitrogens with one attached hydrogen (secondary N) is 1. The Balaban J connectivity index is 2.62. The van der Waals surface area contributed by atoms with Crippen LogP contribution >= 0.6 is 0 Å². The van der Waals surface area contributed by atoms with Crippen molar-refractivity contribution in [3.8, 4) is 0 Å². The number of carbonyl (C=O) groups excluding carboxylic acids is 1. The van der Waals surface area contributed by atoms with Gasteiger partial charge in [-0.25, -0.2) is 4.79 Å². The molecule has 25 heavy (non-hydrogen) atoms. The number of aliphatic carboxylic acids is 1. The Morgan fingerprint density at radius 1 is 1.20 bits per heavy atom. The summed E-state index contributed by atoms with van der Waals surface area (Å²) < 4.78 is 0. The molecule has 1 atom stereocenters. The third-order valence-corrected chi connectivity index (χ3v) is 4.52. The molecule has 3 N–H and O–H groups in total. The fraction of sp³-hybridized carbons (Fsp3) is 0.579. The second-order valence-corrected chi connectivity index (χ2v) is 6.89. The summed E-state index contributed by atoms with van der Waals surface area (Å²) in [4.78, 5) is 25.4. The van der Waals surface area contributed by atoms with Crippen molar-refractivity contribution >= 4 is 12.0 Å². The van der Waals surface area contributed by atoms with E-state index in [0.717, 1.165) is 5.56 Å². The number of rotatable bonds is 10. The molecule has 0 aliphatic carbocycles. The highest BCUT2D eigenvalue weighted by atomic mass is 16.4. The second-order valence-electron chi connectivity index (χ2n) is 6.89. The third kappa shape index (κ3) is 6.74. The van der Waals surface area contributed by atoms with Gasteiger partial charge in [0, 0.05) is 19.6 Å². The lowest BCUT2D eigenvalue weighted by Gasteiger charge is -2.32. The molecule has 0 aliphatic heterocycles. The zero-order valence-corrected chi connectivity index (χ0v) is 15.4. The van der Waals surface area contributed by atoms with Gasteiger partial charge in [-0.1, -0.05) is 51.1 Å². The molecule has 0 saturated heterocycles. The molecule has 0 spiro atoms. The van der Waals surface area contributed by atoms with Crippen LogP contribution in [-0.2, 0) is 11.2 Å². The smallest absolute Gasteiger partial charge is 0.317 e. The van der Waals surface area contributed by atoms with E-state index in [1.54, 1.807) is 4.90 Å². The normalized spacial score (nSPS) is 12.5. The maximum Gasteiger partial charge on any atom is 0.317 e. The standard InChI is InChI=1S/C19H30N2O4/c1-4-16(17(23)24)19(2,3)14-20-18(25)21(12-13-22)11-10-15-8-6-5-7-9-15/h5-9,16,22H,4,10-14H2,1-3H3,(H,20,25)(H,23,24)/t16-/m1/s1. The Morgan fingerprint density at radius 2 is 1.84 bits per heavy atom. The summed E-state index contributed by atoms with van der Waals surface area (Å²) in [5.74, 6) is -1.37. The topological polar surface area (TPSA) is 89.9 Å². The van der Waals surface area contributed by atoms with Crippen LogP contribution in [0.1, 0.15) is 32.8 Å². The number of carboxylic acid groups (broad SMARTS) is 1. The van der Waals surface area contributed by atoms with Crippen molar-refractivity contribution in [2.24, 2.45) is 11.3 Å². The van der Waals surface area contributed by atoms with Crippen molar-refractivity contribution in [3.63, 3.8) is 0 Å². The Hall–Kier alpha value is -2.08. The van der Waals surface area contributed by atoms with Crippen LogP contribution in [-0.4, -0.2) is 53.4 Å². The van der Waals surface area contributed by atoms with Crippen LogP contribution in [0.2, 0.25) is 0 Å². The summed E-state index contributed by atoms with van der Waals surface area (Å²) in [6.07, 6.45) is 1.21. The molecule has 1 aromatic rings. The Labute approximate surface area is 149 Å². The molecule has 0 heterocycles. The molecular weight excluding hydrogens is 320 g/mol. The average molecular weight is 350 g/mol. The van der Waals surface area contributed by atoms with Gasteiger partial charge in [-0.05, 0) is 23.8 Å².